The third kappa shape index (κ3) is 2.89. The molecule has 0 radical (unpaired) electrons. The Morgan fingerprint density at radius 1 is 1.39 bits per heavy atom. The van der Waals surface area contributed by atoms with E-state index in [2.05, 4.69) is 0 Å². The van der Waals surface area contributed by atoms with Crippen molar-refractivity contribution in [1.29, 1.82) is 5.26 Å². The molecule has 1 aromatic rings. The zero-order valence-corrected chi connectivity index (χ0v) is 9.83. The summed E-state index contributed by atoms with van der Waals surface area (Å²) in [4.78, 5) is 11.5. The average Bonchev–Trinajstić information content (AvgIpc) is 3.20. The van der Waals surface area contributed by atoms with Crippen LogP contribution < -0.4 is 4.74 Å². The van der Waals surface area contributed by atoms with Gasteiger partial charge in [-0.15, -0.1) is 0 Å². The van der Waals surface area contributed by atoms with Crippen molar-refractivity contribution in [3.8, 4) is 11.8 Å². The van der Waals surface area contributed by atoms with E-state index in [1.54, 1.807) is 6.08 Å². The molecule has 4 nitrogen and oxygen atoms in total. The number of hydrogen-bond acceptors (Lipinski definition) is 4. The smallest absolute Gasteiger partial charge is 0.331 e. The standard InChI is InChI=1S/C14H13NO3/c15-11-14(7-8-14)13(16)18-10-4-9-17-12-5-2-1-3-6-12/h1-6,10H,7-9H2/b10-4+. The number of carbonyl (C=O) groups is 1. The summed E-state index contributed by atoms with van der Waals surface area (Å²) >= 11 is 0. The van der Waals surface area contributed by atoms with Gasteiger partial charge in [0, 0.05) is 0 Å². The van der Waals surface area contributed by atoms with Gasteiger partial charge in [0.15, 0.2) is 5.41 Å². The topological polar surface area (TPSA) is 59.3 Å². The van der Waals surface area contributed by atoms with Crippen molar-refractivity contribution in [3.63, 3.8) is 0 Å². The van der Waals surface area contributed by atoms with Gasteiger partial charge in [-0.3, -0.25) is 0 Å². The highest BCUT2D eigenvalue weighted by atomic mass is 16.5. The fourth-order valence-electron chi connectivity index (χ4n) is 1.41. The van der Waals surface area contributed by atoms with E-state index >= 15 is 0 Å². The van der Waals surface area contributed by atoms with Gasteiger partial charge in [0.2, 0.25) is 0 Å². The molecule has 0 heterocycles. The minimum Gasteiger partial charge on any atom is -0.489 e. The molecular formula is C14H13NO3. The van der Waals surface area contributed by atoms with Gasteiger partial charge in [-0.25, -0.2) is 4.79 Å². The average molecular weight is 243 g/mol. The van der Waals surface area contributed by atoms with E-state index in [0.29, 0.717) is 19.4 Å². The number of nitrogens with zero attached hydrogens (tertiary/aromatic N) is 1. The molecule has 1 aliphatic carbocycles. The predicted molar refractivity (Wildman–Crippen MR) is 64.4 cm³/mol. The van der Waals surface area contributed by atoms with Crippen LogP contribution in [0.5, 0.6) is 5.75 Å². The van der Waals surface area contributed by atoms with Gasteiger partial charge in [0.05, 0.1) is 12.3 Å². The lowest BCUT2D eigenvalue weighted by atomic mass is 10.1. The summed E-state index contributed by atoms with van der Waals surface area (Å²) in [6.07, 6.45) is 4.06. The molecule has 2 rings (SSSR count). The highest BCUT2D eigenvalue weighted by Gasteiger charge is 2.52. The molecule has 0 aromatic heterocycles. The molecule has 0 unspecified atom stereocenters. The van der Waals surface area contributed by atoms with Gasteiger partial charge in [0.1, 0.15) is 12.4 Å². The zero-order chi connectivity index (χ0) is 12.8. The number of benzene rings is 1. The predicted octanol–water partition coefficient (Wildman–Crippen LogP) is 2.43. The molecule has 0 bridgehead atoms. The van der Waals surface area contributed by atoms with Crippen LogP contribution in [0, 0.1) is 16.7 Å². The summed E-state index contributed by atoms with van der Waals surface area (Å²) in [6, 6.07) is 11.3. The van der Waals surface area contributed by atoms with Crippen molar-refractivity contribution >= 4 is 5.97 Å². The first-order valence-corrected chi connectivity index (χ1v) is 5.72. The first kappa shape index (κ1) is 12.2. The molecule has 1 aliphatic rings. The highest BCUT2D eigenvalue weighted by Crippen LogP contribution is 2.45. The summed E-state index contributed by atoms with van der Waals surface area (Å²) in [5.74, 6) is 0.283. The van der Waals surface area contributed by atoms with Crippen molar-refractivity contribution in [2.24, 2.45) is 5.41 Å². The van der Waals surface area contributed by atoms with Crippen LogP contribution in [0.25, 0.3) is 0 Å². The van der Waals surface area contributed by atoms with E-state index in [1.807, 2.05) is 36.4 Å². The van der Waals surface area contributed by atoms with Crippen LogP contribution in [0.15, 0.2) is 42.7 Å². The van der Waals surface area contributed by atoms with Gasteiger partial charge >= 0.3 is 5.97 Å². The third-order valence-electron chi connectivity index (χ3n) is 2.72. The lowest BCUT2D eigenvalue weighted by Gasteiger charge is -2.03. The number of para-hydroxylation sites is 1. The number of hydrogen-bond donors (Lipinski definition) is 0. The first-order valence-electron chi connectivity index (χ1n) is 5.72. The molecule has 1 saturated carbocycles. The van der Waals surface area contributed by atoms with Crippen molar-refractivity contribution in [2.75, 3.05) is 6.61 Å². The van der Waals surface area contributed by atoms with Gasteiger partial charge in [-0.1, -0.05) is 18.2 Å². The van der Waals surface area contributed by atoms with Crippen molar-refractivity contribution in [1.82, 2.24) is 0 Å². The molecule has 0 amide bonds. The maximum atomic E-state index is 11.5. The van der Waals surface area contributed by atoms with Crippen LogP contribution in [0.3, 0.4) is 0 Å². The summed E-state index contributed by atoms with van der Waals surface area (Å²) < 4.78 is 10.2. The maximum Gasteiger partial charge on any atom is 0.331 e. The monoisotopic (exact) mass is 243 g/mol. The van der Waals surface area contributed by atoms with Gasteiger partial charge in [0.25, 0.3) is 0 Å². The Labute approximate surface area is 105 Å². The number of rotatable bonds is 5. The summed E-state index contributed by atoms with van der Waals surface area (Å²) in [6.45, 7) is 0.316. The molecule has 4 heteroatoms. The van der Waals surface area contributed by atoms with Crippen LogP contribution in [0.4, 0.5) is 0 Å². The maximum absolute atomic E-state index is 11.5. The van der Waals surface area contributed by atoms with Crippen molar-refractivity contribution < 1.29 is 14.3 Å². The largest absolute Gasteiger partial charge is 0.489 e. The minimum absolute atomic E-state index is 0.316. The van der Waals surface area contributed by atoms with Crippen LogP contribution >= 0.6 is 0 Å². The molecule has 1 aromatic carbocycles. The second-order valence-electron chi connectivity index (χ2n) is 4.10. The Bertz CT molecular complexity index is 484. The quantitative estimate of drug-likeness (QED) is 0.588. The zero-order valence-electron chi connectivity index (χ0n) is 9.83. The Balaban J connectivity index is 1.70. The van der Waals surface area contributed by atoms with Crippen molar-refractivity contribution in [2.45, 2.75) is 12.8 Å². The molecule has 1 fully saturated rings. The van der Waals surface area contributed by atoms with E-state index in [1.165, 1.54) is 6.26 Å². The molecule has 0 aliphatic heterocycles. The van der Waals surface area contributed by atoms with E-state index < -0.39 is 11.4 Å². The van der Waals surface area contributed by atoms with Crippen molar-refractivity contribution in [3.05, 3.63) is 42.7 Å². The summed E-state index contributed by atoms with van der Waals surface area (Å²) in [7, 11) is 0. The molecule has 92 valence electrons. The number of ether oxygens (including phenoxy) is 2. The lowest BCUT2D eigenvalue weighted by Crippen LogP contribution is -2.14. The fraction of sp³-hybridized carbons (Fsp3) is 0.286. The molecule has 0 N–H and O–H groups in total. The minimum atomic E-state index is -0.884. The Morgan fingerprint density at radius 3 is 2.72 bits per heavy atom. The number of carbonyl (C=O) groups excluding carboxylic acids is 1. The van der Waals surface area contributed by atoms with E-state index in [-0.39, 0.29) is 0 Å². The molecule has 0 atom stereocenters. The number of nitriles is 1. The van der Waals surface area contributed by atoms with Gasteiger partial charge < -0.3 is 9.47 Å². The number of esters is 1. The molecule has 0 saturated heterocycles. The fourth-order valence-corrected chi connectivity index (χ4v) is 1.41. The molecular weight excluding hydrogens is 230 g/mol. The van der Waals surface area contributed by atoms with Gasteiger partial charge in [-0.05, 0) is 31.1 Å². The van der Waals surface area contributed by atoms with Crippen LogP contribution in [-0.2, 0) is 9.53 Å². The van der Waals surface area contributed by atoms with Crippen LogP contribution in [-0.4, -0.2) is 12.6 Å². The van der Waals surface area contributed by atoms with Crippen LogP contribution in [0.2, 0.25) is 0 Å². The SMILES string of the molecule is N#CC1(C(=O)O/C=C/COc2ccccc2)CC1. The molecule has 18 heavy (non-hydrogen) atoms. The normalized spacial score (nSPS) is 15.9. The highest BCUT2D eigenvalue weighted by molar-refractivity contribution is 5.83. The van der Waals surface area contributed by atoms with Gasteiger partial charge in [-0.2, -0.15) is 5.26 Å². The second-order valence-corrected chi connectivity index (χ2v) is 4.10. The summed E-state index contributed by atoms with van der Waals surface area (Å²) in [5, 5.41) is 8.78. The Morgan fingerprint density at radius 2 is 2.11 bits per heavy atom. The Kier molecular flexibility index (Phi) is 3.63. The van der Waals surface area contributed by atoms with Crippen LogP contribution in [0.1, 0.15) is 12.8 Å². The van der Waals surface area contributed by atoms with E-state index in [4.69, 9.17) is 14.7 Å². The second kappa shape index (κ2) is 5.37. The Hall–Kier alpha value is -2.28. The van der Waals surface area contributed by atoms with E-state index in [0.717, 1.165) is 5.75 Å². The summed E-state index contributed by atoms with van der Waals surface area (Å²) in [5.41, 5.74) is -0.884. The third-order valence-corrected chi connectivity index (χ3v) is 2.72. The lowest BCUT2D eigenvalue weighted by molar-refractivity contribution is -0.142. The molecule has 0 spiro atoms. The van der Waals surface area contributed by atoms with E-state index in [9.17, 15) is 4.79 Å². The first-order chi connectivity index (χ1) is 8.77.